The Morgan fingerprint density at radius 1 is 1.00 bits per heavy atom. The lowest BCUT2D eigenvalue weighted by molar-refractivity contribution is -0.133. The number of hydrogen-bond acceptors (Lipinski definition) is 2. The van der Waals surface area contributed by atoms with Gasteiger partial charge in [-0.1, -0.05) is 46.5 Å². The molecule has 1 heterocycles. The van der Waals surface area contributed by atoms with Gasteiger partial charge in [0.15, 0.2) is 5.78 Å². The van der Waals surface area contributed by atoms with E-state index in [2.05, 4.69) is 25.7 Å². The third-order valence-electron chi connectivity index (χ3n) is 4.87. The predicted molar refractivity (Wildman–Crippen MR) is 80.2 cm³/mol. The molecule has 1 aliphatic carbocycles. The van der Waals surface area contributed by atoms with Crippen molar-refractivity contribution >= 4 is 5.78 Å². The average molecular weight is 265 g/mol. The number of ketones is 1. The summed E-state index contributed by atoms with van der Waals surface area (Å²) < 4.78 is 0. The monoisotopic (exact) mass is 265 g/mol. The molecule has 2 rings (SSSR count). The number of likely N-dealkylation sites (tertiary alicyclic amines) is 1. The molecular weight excluding hydrogens is 234 g/mol. The van der Waals surface area contributed by atoms with Crippen LogP contribution in [-0.2, 0) is 4.79 Å². The van der Waals surface area contributed by atoms with Crippen molar-refractivity contribution in [3.63, 3.8) is 0 Å². The van der Waals surface area contributed by atoms with Gasteiger partial charge in [-0.15, -0.1) is 0 Å². The van der Waals surface area contributed by atoms with E-state index in [1.807, 2.05) is 0 Å². The van der Waals surface area contributed by atoms with Crippen LogP contribution in [0.15, 0.2) is 0 Å². The van der Waals surface area contributed by atoms with Crippen molar-refractivity contribution in [2.45, 2.75) is 78.2 Å². The SMILES string of the molecule is CC(C)(C)C(=O)C1CCCCN1CC1CCCCC1. The van der Waals surface area contributed by atoms with E-state index in [1.165, 1.54) is 51.5 Å². The standard InChI is InChI=1S/C17H31NO/c1-17(2,3)16(19)15-11-7-8-12-18(15)13-14-9-5-4-6-10-14/h14-15H,4-13H2,1-3H3. The molecule has 0 aromatic heterocycles. The zero-order valence-electron chi connectivity index (χ0n) is 13.1. The molecule has 19 heavy (non-hydrogen) atoms. The predicted octanol–water partition coefficient (Wildman–Crippen LogP) is 4.04. The van der Waals surface area contributed by atoms with Crippen molar-refractivity contribution in [1.82, 2.24) is 4.90 Å². The summed E-state index contributed by atoms with van der Waals surface area (Å²) in [6.07, 6.45) is 10.6. The zero-order valence-corrected chi connectivity index (χ0v) is 13.1. The van der Waals surface area contributed by atoms with Crippen molar-refractivity contribution in [3.05, 3.63) is 0 Å². The Morgan fingerprint density at radius 2 is 1.63 bits per heavy atom. The number of nitrogens with zero attached hydrogens (tertiary/aromatic N) is 1. The number of rotatable bonds is 3. The summed E-state index contributed by atoms with van der Waals surface area (Å²) in [5.41, 5.74) is -0.188. The van der Waals surface area contributed by atoms with E-state index in [-0.39, 0.29) is 11.5 Å². The molecule has 2 nitrogen and oxygen atoms in total. The van der Waals surface area contributed by atoms with Crippen LogP contribution in [-0.4, -0.2) is 29.8 Å². The van der Waals surface area contributed by atoms with Gasteiger partial charge in [0.1, 0.15) is 0 Å². The average Bonchev–Trinajstić information content (AvgIpc) is 2.39. The van der Waals surface area contributed by atoms with E-state index in [0.717, 1.165) is 18.9 Å². The quantitative estimate of drug-likeness (QED) is 0.767. The molecule has 0 bridgehead atoms. The minimum Gasteiger partial charge on any atom is -0.297 e. The third-order valence-corrected chi connectivity index (χ3v) is 4.87. The lowest BCUT2D eigenvalue weighted by Crippen LogP contribution is -2.50. The maximum absolute atomic E-state index is 12.6. The smallest absolute Gasteiger partial charge is 0.155 e. The number of hydrogen-bond donors (Lipinski definition) is 0. The molecule has 0 aromatic carbocycles. The largest absolute Gasteiger partial charge is 0.297 e. The second-order valence-corrected chi connectivity index (χ2v) is 7.62. The molecule has 110 valence electrons. The van der Waals surface area contributed by atoms with E-state index in [4.69, 9.17) is 0 Å². The zero-order chi connectivity index (χ0) is 13.9. The molecule has 0 radical (unpaired) electrons. The maximum atomic E-state index is 12.6. The van der Waals surface area contributed by atoms with Gasteiger partial charge < -0.3 is 0 Å². The summed E-state index contributed by atoms with van der Waals surface area (Å²) in [5.74, 6) is 1.31. The van der Waals surface area contributed by atoms with Crippen LogP contribution in [0.4, 0.5) is 0 Å². The number of carbonyl (C=O) groups excluding carboxylic acids is 1. The van der Waals surface area contributed by atoms with Gasteiger partial charge in [0, 0.05) is 12.0 Å². The summed E-state index contributed by atoms with van der Waals surface area (Å²) in [7, 11) is 0. The summed E-state index contributed by atoms with van der Waals surface area (Å²) in [6, 6.07) is 0.204. The van der Waals surface area contributed by atoms with Gasteiger partial charge in [0.2, 0.25) is 0 Å². The molecular formula is C17H31NO. The van der Waals surface area contributed by atoms with Crippen LogP contribution in [0.5, 0.6) is 0 Å². The number of Topliss-reactive ketones (excluding diaryl/α,β-unsaturated/α-hetero) is 1. The van der Waals surface area contributed by atoms with Gasteiger partial charge in [-0.05, 0) is 38.1 Å². The third kappa shape index (κ3) is 4.05. The van der Waals surface area contributed by atoms with Crippen molar-refractivity contribution in [2.24, 2.45) is 11.3 Å². The van der Waals surface area contributed by atoms with Gasteiger partial charge >= 0.3 is 0 Å². The summed E-state index contributed by atoms with van der Waals surface area (Å²) >= 11 is 0. The summed E-state index contributed by atoms with van der Waals surface area (Å²) in [6.45, 7) is 8.53. The Labute approximate surface area is 118 Å². The first-order chi connectivity index (χ1) is 8.98. The molecule has 0 N–H and O–H groups in total. The second-order valence-electron chi connectivity index (χ2n) is 7.62. The molecule has 2 heteroatoms. The highest BCUT2D eigenvalue weighted by molar-refractivity contribution is 5.88. The minimum absolute atomic E-state index is 0.188. The fourth-order valence-corrected chi connectivity index (χ4v) is 3.71. The lowest BCUT2D eigenvalue weighted by atomic mass is 9.81. The van der Waals surface area contributed by atoms with Gasteiger partial charge in [-0.3, -0.25) is 9.69 Å². The Hall–Kier alpha value is -0.370. The highest BCUT2D eigenvalue weighted by Crippen LogP contribution is 2.30. The lowest BCUT2D eigenvalue weighted by Gasteiger charge is -2.40. The van der Waals surface area contributed by atoms with Crippen LogP contribution in [0, 0.1) is 11.3 Å². The Morgan fingerprint density at radius 3 is 2.26 bits per heavy atom. The van der Waals surface area contributed by atoms with Crippen LogP contribution in [0.1, 0.15) is 72.1 Å². The molecule has 1 aliphatic heterocycles. The fourth-order valence-electron chi connectivity index (χ4n) is 3.71. The van der Waals surface area contributed by atoms with Gasteiger partial charge in [0.25, 0.3) is 0 Å². The van der Waals surface area contributed by atoms with Crippen LogP contribution >= 0.6 is 0 Å². The van der Waals surface area contributed by atoms with Gasteiger partial charge in [-0.25, -0.2) is 0 Å². The normalized spacial score (nSPS) is 27.4. The summed E-state index contributed by atoms with van der Waals surface area (Å²) in [5, 5.41) is 0. The first kappa shape index (κ1) is 15.0. The van der Waals surface area contributed by atoms with Gasteiger partial charge in [-0.2, -0.15) is 0 Å². The fraction of sp³-hybridized carbons (Fsp3) is 0.941. The van der Waals surface area contributed by atoms with Gasteiger partial charge in [0.05, 0.1) is 6.04 Å². The Kier molecular flexibility index (Phi) is 5.05. The molecule has 1 saturated heterocycles. The van der Waals surface area contributed by atoms with E-state index >= 15 is 0 Å². The van der Waals surface area contributed by atoms with Crippen molar-refractivity contribution in [1.29, 1.82) is 0 Å². The van der Waals surface area contributed by atoms with E-state index < -0.39 is 0 Å². The minimum atomic E-state index is -0.188. The molecule has 0 amide bonds. The van der Waals surface area contributed by atoms with E-state index in [0.29, 0.717) is 5.78 Å². The first-order valence-electron chi connectivity index (χ1n) is 8.27. The van der Waals surface area contributed by atoms with Crippen molar-refractivity contribution < 1.29 is 4.79 Å². The number of carbonyl (C=O) groups is 1. The Bertz CT molecular complexity index is 299. The molecule has 2 aliphatic rings. The topological polar surface area (TPSA) is 20.3 Å². The molecule has 1 atom stereocenters. The second kappa shape index (κ2) is 6.39. The summed E-state index contributed by atoms with van der Waals surface area (Å²) in [4.78, 5) is 15.2. The molecule has 2 fully saturated rings. The van der Waals surface area contributed by atoms with E-state index in [1.54, 1.807) is 0 Å². The van der Waals surface area contributed by atoms with Crippen LogP contribution in [0.3, 0.4) is 0 Å². The maximum Gasteiger partial charge on any atom is 0.155 e. The van der Waals surface area contributed by atoms with Crippen LogP contribution in [0.25, 0.3) is 0 Å². The molecule has 0 spiro atoms. The highest BCUT2D eigenvalue weighted by atomic mass is 16.1. The Balaban J connectivity index is 1.97. The molecule has 1 saturated carbocycles. The molecule has 0 aromatic rings. The molecule has 1 unspecified atom stereocenters. The number of piperidine rings is 1. The van der Waals surface area contributed by atoms with Crippen LogP contribution in [0.2, 0.25) is 0 Å². The van der Waals surface area contributed by atoms with Crippen molar-refractivity contribution in [2.75, 3.05) is 13.1 Å². The van der Waals surface area contributed by atoms with E-state index in [9.17, 15) is 4.79 Å². The first-order valence-corrected chi connectivity index (χ1v) is 8.27. The highest BCUT2D eigenvalue weighted by Gasteiger charge is 2.35. The van der Waals surface area contributed by atoms with Crippen LogP contribution < -0.4 is 0 Å². The van der Waals surface area contributed by atoms with Crippen molar-refractivity contribution in [3.8, 4) is 0 Å².